The molecule has 8 heteroatoms. The molecule has 0 atom stereocenters. The minimum absolute atomic E-state index is 0.0134. The summed E-state index contributed by atoms with van der Waals surface area (Å²) in [6, 6.07) is 10.5. The zero-order chi connectivity index (χ0) is 17.7. The summed E-state index contributed by atoms with van der Waals surface area (Å²) in [7, 11) is 0. The van der Waals surface area contributed by atoms with Gasteiger partial charge in [0, 0.05) is 11.8 Å². The molecule has 0 bridgehead atoms. The van der Waals surface area contributed by atoms with E-state index in [9.17, 15) is 25.1 Å². The van der Waals surface area contributed by atoms with Crippen LogP contribution in [-0.2, 0) is 4.79 Å². The summed E-state index contributed by atoms with van der Waals surface area (Å²) < 4.78 is 0. The van der Waals surface area contributed by atoms with Crippen LogP contribution >= 0.6 is 0 Å². The maximum Gasteiger partial charge on any atom is 0.276 e. The first-order valence-corrected chi connectivity index (χ1v) is 6.60. The molecule has 0 saturated heterocycles. The Labute approximate surface area is 136 Å². The molecule has 8 nitrogen and oxygen atoms in total. The molecule has 0 fully saturated rings. The van der Waals surface area contributed by atoms with Gasteiger partial charge in [0.1, 0.15) is 23.1 Å². The van der Waals surface area contributed by atoms with Crippen molar-refractivity contribution in [1.82, 2.24) is 0 Å². The second kappa shape index (κ2) is 6.93. The van der Waals surface area contributed by atoms with Crippen LogP contribution in [0.4, 0.5) is 11.4 Å². The summed E-state index contributed by atoms with van der Waals surface area (Å²) in [6.07, 6.45) is 1.02. The van der Waals surface area contributed by atoms with Crippen molar-refractivity contribution < 1.29 is 19.9 Å². The summed E-state index contributed by atoms with van der Waals surface area (Å²) in [5.74, 6) is -0.997. The predicted octanol–water partition coefficient (Wildman–Crippen LogP) is 2.55. The van der Waals surface area contributed by atoms with Gasteiger partial charge in [-0.2, -0.15) is 5.26 Å². The number of anilines is 1. The van der Waals surface area contributed by atoms with E-state index in [0.29, 0.717) is 5.69 Å². The molecule has 2 aromatic carbocycles. The largest absolute Gasteiger partial charge is 0.508 e. The average molecular weight is 325 g/mol. The maximum absolute atomic E-state index is 12.1. The number of hydrogen-bond donors (Lipinski definition) is 3. The lowest BCUT2D eigenvalue weighted by Crippen LogP contribution is -2.13. The lowest BCUT2D eigenvalue weighted by molar-refractivity contribution is -0.385. The van der Waals surface area contributed by atoms with Gasteiger partial charge in [0.2, 0.25) is 0 Å². The van der Waals surface area contributed by atoms with E-state index in [1.54, 1.807) is 6.07 Å². The van der Waals surface area contributed by atoms with Crippen LogP contribution in [0.3, 0.4) is 0 Å². The van der Waals surface area contributed by atoms with Crippen molar-refractivity contribution in [2.45, 2.75) is 0 Å². The Morgan fingerprint density at radius 3 is 2.38 bits per heavy atom. The van der Waals surface area contributed by atoms with E-state index in [1.165, 1.54) is 24.3 Å². The fraction of sp³-hybridized carbons (Fsp3) is 0. The smallest absolute Gasteiger partial charge is 0.276 e. The Hall–Kier alpha value is -3.86. The van der Waals surface area contributed by atoms with Crippen molar-refractivity contribution in [2.24, 2.45) is 0 Å². The van der Waals surface area contributed by atoms with Gasteiger partial charge in [-0.3, -0.25) is 14.9 Å². The number of nitrogens with zero attached hydrogens (tertiary/aromatic N) is 2. The van der Waals surface area contributed by atoms with Crippen molar-refractivity contribution >= 4 is 23.4 Å². The van der Waals surface area contributed by atoms with E-state index < -0.39 is 10.8 Å². The van der Waals surface area contributed by atoms with Crippen LogP contribution in [0.25, 0.3) is 6.08 Å². The van der Waals surface area contributed by atoms with Crippen molar-refractivity contribution in [3.05, 3.63) is 63.7 Å². The van der Waals surface area contributed by atoms with Crippen molar-refractivity contribution in [1.29, 1.82) is 5.26 Å². The third-order valence-electron chi connectivity index (χ3n) is 3.00. The Balaban J connectivity index is 2.34. The molecule has 0 aliphatic carbocycles. The molecule has 0 aliphatic rings. The van der Waals surface area contributed by atoms with Crippen LogP contribution in [-0.4, -0.2) is 21.0 Å². The van der Waals surface area contributed by atoms with Gasteiger partial charge in [-0.15, -0.1) is 0 Å². The number of nitriles is 1. The van der Waals surface area contributed by atoms with Gasteiger partial charge in [0.05, 0.1) is 10.5 Å². The van der Waals surface area contributed by atoms with Crippen molar-refractivity contribution in [3.8, 4) is 17.6 Å². The van der Waals surface area contributed by atoms with E-state index in [-0.39, 0.29) is 28.3 Å². The molecule has 120 valence electrons. The number of hydrogen-bond acceptors (Lipinski definition) is 6. The SMILES string of the molecule is N#C/C(=C/c1cc(O)ccc1[N+](=O)[O-])C(=O)Nc1ccc(O)cc1. The zero-order valence-corrected chi connectivity index (χ0v) is 12.1. The third kappa shape index (κ3) is 3.86. The average Bonchev–Trinajstić information content (AvgIpc) is 2.54. The van der Waals surface area contributed by atoms with Gasteiger partial charge in [-0.1, -0.05) is 0 Å². The Morgan fingerprint density at radius 1 is 1.17 bits per heavy atom. The molecule has 2 rings (SSSR count). The highest BCUT2D eigenvalue weighted by molar-refractivity contribution is 6.10. The molecule has 0 aliphatic heterocycles. The highest BCUT2D eigenvalue weighted by atomic mass is 16.6. The molecule has 1 amide bonds. The number of nitro groups is 1. The topological polar surface area (TPSA) is 136 Å². The number of phenolic OH excluding ortho intramolecular Hbond substituents is 2. The summed E-state index contributed by atoms with van der Waals surface area (Å²) in [6.45, 7) is 0. The lowest BCUT2D eigenvalue weighted by atomic mass is 10.1. The van der Waals surface area contributed by atoms with Gasteiger partial charge in [-0.05, 0) is 42.5 Å². The number of nitro benzene ring substituents is 1. The fourth-order valence-electron chi connectivity index (χ4n) is 1.87. The molecule has 0 spiro atoms. The van der Waals surface area contributed by atoms with Gasteiger partial charge in [0.15, 0.2) is 0 Å². The quantitative estimate of drug-likeness (QED) is 0.260. The minimum atomic E-state index is -0.777. The zero-order valence-electron chi connectivity index (χ0n) is 12.1. The lowest BCUT2D eigenvalue weighted by Gasteiger charge is -2.05. The molecule has 3 N–H and O–H groups in total. The van der Waals surface area contributed by atoms with Crippen LogP contribution in [0.15, 0.2) is 48.0 Å². The van der Waals surface area contributed by atoms with E-state index in [0.717, 1.165) is 24.3 Å². The third-order valence-corrected chi connectivity index (χ3v) is 3.00. The Bertz CT molecular complexity index is 866. The minimum Gasteiger partial charge on any atom is -0.508 e. The van der Waals surface area contributed by atoms with E-state index in [4.69, 9.17) is 5.26 Å². The molecule has 0 heterocycles. The first-order valence-electron chi connectivity index (χ1n) is 6.60. The highest BCUT2D eigenvalue weighted by Gasteiger charge is 2.16. The number of nitrogens with one attached hydrogen (secondary N) is 1. The maximum atomic E-state index is 12.1. The molecule has 0 unspecified atom stereocenters. The van der Waals surface area contributed by atoms with Gasteiger partial charge in [0.25, 0.3) is 11.6 Å². The van der Waals surface area contributed by atoms with E-state index in [2.05, 4.69) is 5.32 Å². The van der Waals surface area contributed by atoms with Crippen LogP contribution in [0.2, 0.25) is 0 Å². The number of rotatable bonds is 4. The molecule has 0 saturated carbocycles. The van der Waals surface area contributed by atoms with Crippen molar-refractivity contribution in [3.63, 3.8) is 0 Å². The highest BCUT2D eigenvalue weighted by Crippen LogP contribution is 2.26. The number of aromatic hydroxyl groups is 2. The van der Waals surface area contributed by atoms with E-state index >= 15 is 0 Å². The molecule has 0 radical (unpaired) electrons. The van der Waals surface area contributed by atoms with Crippen LogP contribution in [0.1, 0.15) is 5.56 Å². The van der Waals surface area contributed by atoms with E-state index in [1.807, 2.05) is 0 Å². The fourth-order valence-corrected chi connectivity index (χ4v) is 1.87. The standard InChI is InChI=1S/C16H11N3O5/c17-9-11(16(22)18-12-1-3-13(20)4-2-12)7-10-8-14(21)5-6-15(10)19(23)24/h1-8,20-21H,(H,18,22)/b11-7-. The number of phenols is 2. The predicted molar refractivity (Wildman–Crippen MR) is 85.1 cm³/mol. The molecular formula is C16H11N3O5. The number of benzene rings is 2. The number of carbonyl (C=O) groups excluding carboxylic acids is 1. The molecule has 0 aromatic heterocycles. The van der Waals surface area contributed by atoms with Gasteiger partial charge >= 0.3 is 0 Å². The first kappa shape index (κ1) is 16.5. The molecule has 24 heavy (non-hydrogen) atoms. The Morgan fingerprint density at radius 2 is 1.79 bits per heavy atom. The Kier molecular flexibility index (Phi) is 4.77. The van der Waals surface area contributed by atoms with Crippen molar-refractivity contribution in [2.75, 3.05) is 5.32 Å². The molecular weight excluding hydrogens is 314 g/mol. The summed E-state index contributed by atoms with van der Waals surface area (Å²) in [5, 5.41) is 41.2. The second-order valence-electron chi connectivity index (χ2n) is 4.67. The summed E-state index contributed by atoms with van der Waals surface area (Å²) in [4.78, 5) is 22.4. The van der Waals surface area contributed by atoms with Gasteiger partial charge in [-0.25, -0.2) is 0 Å². The second-order valence-corrected chi connectivity index (χ2v) is 4.67. The molecule has 2 aromatic rings. The first-order chi connectivity index (χ1) is 11.4. The normalized spacial score (nSPS) is 10.7. The number of carbonyl (C=O) groups is 1. The summed E-state index contributed by atoms with van der Waals surface area (Å²) in [5.41, 5.74) is -0.462. The van der Waals surface area contributed by atoms with Crippen LogP contribution < -0.4 is 5.32 Å². The number of amides is 1. The van der Waals surface area contributed by atoms with Crippen LogP contribution in [0.5, 0.6) is 11.5 Å². The van der Waals surface area contributed by atoms with Crippen LogP contribution in [0, 0.1) is 21.4 Å². The monoisotopic (exact) mass is 325 g/mol. The van der Waals surface area contributed by atoms with Gasteiger partial charge < -0.3 is 15.5 Å². The summed E-state index contributed by atoms with van der Waals surface area (Å²) >= 11 is 0.